The number of nitrogen functional groups attached to an aromatic ring is 1. The highest BCUT2D eigenvalue weighted by Crippen LogP contribution is 2.29. The lowest BCUT2D eigenvalue weighted by Gasteiger charge is -2.26. The summed E-state index contributed by atoms with van der Waals surface area (Å²) in [4.78, 5) is 26.2. The van der Waals surface area contributed by atoms with E-state index in [-0.39, 0.29) is 17.6 Å². The van der Waals surface area contributed by atoms with E-state index in [1.807, 2.05) is 50.5 Å². The van der Waals surface area contributed by atoms with E-state index in [0.717, 1.165) is 19.6 Å². The Bertz CT molecular complexity index is 1080. The number of rotatable bonds is 10. The molecule has 8 nitrogen and oxygen atoms in total. The van der Waals surface area contributed by atoms with E-state index < -0.39 is 0 Å². The molecule has 1 amide bonds. The van der Waals surface area contributed by atoms with Gasteiger partial charge in [0, 0.05) is 39.6 Å². The molecule has 190 valence electrons. The lowest BCUT2D eigenvalue weighted by atomic mass is 9.91. The van der Waals surface area contributed by atoms with Crippen LogP contribution < -0.4 is 21.3 Å². The second-order valence-corrected chi connectivity index (χ2v) is 9.44. The molecule has 0 atom stereocenters. The molecule has 1 aliphatic rings. The van der Waals surface area contributed by atoms with Gasteiger partial charge in [0.25, 0.3) is 5.91 Å². The minimum Gasteiger partial charge on any atom is -0.393 e. The summed E-state index contributed by atoms with van der Waals surface area (Å²) in [5.41, 5.74) is 9.24. The number of benzene rings is 2. The summed E-state index contributed by atoms with van der Waals surface area (Å²) in [6.07, 6.45) is 3.74. The summed E-state index contributed by atoms with van der Waals surface area (Å²) in [6.45, 7) is 4.16. The molecule has 2 aromatic carbocycles. The average Bonchev–Trinajstić information content (AvgIpc) is 2.91. The molecule has 4 rings (SSSR count). The second kappa shape index (κ2) is 12.4. The van der Waals surface area contributed by atoms with Gasteiger partial charge in [0.1, 0.15) is 5.69 Å². The Hall–Kier alpha value is -3.65. The van der Waals surface area contributed by atoms with Crippen LogP contribution in [-0.2, 0) is 0 Å². The molecule has 8 heteroatoms. The minimum atomic E-state index is -0.291. The molecule has 1 aliphatic heterocycles. The second-order valence-electron chi connectivity index (χ2n) is 9.44. The highest BCUT2D eigenvalue weighted by molar-refractivity contribution is 5.92. The van der Waals surface area contributed by atoms with Gasteiger partial charge < -0.3 is 26.2 Å². The SMILES string of the molecule is CN(C)c1nc(C(=O)NCCN2CCCCC2)nc(NCC(c2ccccc2)c2ccccc2)c1N. The Morgan fingerprint density at radius 1 is 0.972 bits per heavy atom. The zero-order valence-corrected chi connectivity index (χ0v) is 21.3. The van der Waals surface area contributed by atoms with Gasteiger partial charge in [-0.15, -0.1) is 0 Å². The molecule has 3 aromatic rings. The van der Waals surface area contributed by atoms with Gasteiger partial charge in [0.05, 0.1) is 0 Å². The van der Waals surface area contributed by atoms with Crippen LogP contribution in [0.4, 0.5) is 17.3 Å². The van der Waals surface area contributed by atoms with Crippen molar-refractivity contribution in [3.05, 3.63) is 77.6 Å². The largest absolute Gasteiger partial charge is 0.393 e. The summed E-state index contributed by atoms with van der Waals surface area (Å²) in [5.74, 6) is 0.897. The van der Waals surface area contributed by atoms with Crippen molar-refractivity contribution in [3.63, 3.8) is 0 Å². The number of piperidine rings is 1. The Morgan fingerprint density at radius 2 is 1.58 bits per heavy atom. The van der Waals surface area contributed by atoms with Gasteiger partial charge in [-0.05, 0) is 37.1 Å². The number of nitrogens with two attached hydrogens (primary N) is 1. The van der Waals surface area contributed by atoms with Crippen LogP contribution in [-0.4, -0.2) is 67.6 Å². The molecular formula is C28H37N7O. The van der Waals surface area contributed by atoms with Gasteiger partial charge in [-0.25, -0.2) is 9.97 Å². The maximum absolute atomic E-state index is 13.0. The molecule has 0 unspecified atom stereocenters. The molecule has 0 spiro atoms. The van der Waals surface area contributed by atoms with Crippen molar-refractivity contribution in [2.75, 3.05) is 62.8 Å². The Kier molecular flexibility index (Phi) is 8.73. The summed E-state index contributed by atoms with van der Waals surface area (Å²) >= 11 is 0. The number of amides is 1. The van der Waals surface area contributed by atoms with Crippen LogP contribution >= 0.6 is 0 Å². The molecule has 1 saturated heterocycles. The fourth-order valence-electron chi connectivity index (χ4n) is 4.62. The maximum Gasteiger partial charge on any atom is 0.289 e. The van der Waals surface area contributed by atoms with Gasteiger partial charge in [0.2, 0.25) is 5.82 Å². The van der Waals surface area contributed by atoms with Gasteiger partial charge in [-0.2, -0.15) is 0 Å². The number of aromatic nitrogens is 2. The monoisotopic (exact) mass is 487 g/mol. The quantitative estimate of drug-likeness (QED) is 0.402. The predicted molar refractivity (Wildman–Crippen MR) is 147 cm³/mol. The van der Waals surface area contributed by atoms with E-state index in [2.05, 4.69) is 49.8 Å². The molecular weight excluding hydrogens is 450 g/mol. The van der Waals surface area contributed by atoms with Crippen molar-refractivity contribution in [1.29, 1.82) is 0 Å². The summed E-state index contributed by atoms with van der Waals surface area (Å²) in [7, 11) is 3.72. The van der Waals surface area contributed by atoms with Crippen molar-refractivity contribution in [2.24, 2.45) is 0 Å². The van der Waals surface area contributed by atoms with E-state index in [0.29, 0.717) is 30.4 Å². The Balaban J connectivity index is 1.51. The number of carbonyl (C=O) groups is 1. The fraction of sp³-hybridized carbons (Fsp3) is 0.393. The zero-order chi connectivity index (χ0) is 25.3. The molecule has 2 heterocycles. The number of nitrogens with zero attached hydrogens (tertiary/aromatic N) is 4. The van der Waals surface area contributed by atoms with Crippen molar-refractivity contribution < 1.29 is 4.79 Å². The Labute approximate surface area is 213 Å². The number of carbonyl (C=O) groups excluding carboxylic acids is 1. The number of hydrogen-bond donors (Lipinski definition) is 3. The molecule has 0 radical (unpaired) electrons. The van der Waals surface area contributed by atoms with Crippen molar-refractivity contribution >= 4 is 23.2 Å². The molecule has 1 aromatic heterocycles. The minimum absolute atomic E-state index is 0.0893. The van der Waals surface area contributed by atoms with Crippen molar-refractivity contribution in [3.8, 4) is 0 Å². The fourth-order valence-corrected chi connectivity index (χ4v) is 4.62. The standard InChI is InChI=1S/C28H37N7O/c1-34(2)27-24(29)25(32-26(33-27)28(36)30-16-19-35-17-10-5-11-18-35)31-20-23(21-12-6-3-7-13-21)22-14-8-4-9-15-22/h3-4,6-9,12-15,23H,5,10-11,16-20,29H2,1-2H3,(H,30,36)(H,31,32,33). The van der Waals surface area contributed by atoms with Crippen LogP contribution in [0.1, 0.15) is 46.9 Å². The lowest BCUT2D eigenvalue weighted by molar-refractivity contribution is 0.0936. The molecule has 0 aliphatic carbocycles. The number of likely N-dealkylation sites (tertiary alicyclic amines) is 1. The van der Waals surface area contributed by atoms with Gasteiger partial charge in [-0.1, -0.05) is 67.1 Å². The zero-order valence-electron chi connectivity index (χ0n) is 21.3. The highest BCUT2D eigenvalue weighted by atomic mass is 16.2. The van der Waals surface area contributed by atoms with Crippen LogP contribution in [0.2, 0.25) is 0 Å². The van der Waals surface area contributed by atoms with E-state index in [9.17, 15) is 4.79 Å². The van der Waals surface area contributed by atoms with Crippen molar-refractivity contribution in [2.45, 2.75) is 25.2 Å². The first kappa shape index (κ1) is 25.4. The van der Waals surface area contributed by atoms with E-state index in [1.165, 1.54) is 30.4 Å². The molecule has 0 bridgehead atoms. The number of anilines is 3. The third kappa shape index (κ3) is 6.51. The summed E-state index contributed by atoms with van der Waals surface area (Å²) < 4.78 is 0. The summed E-state index contributed by atoms with van der Waals surface area (Å²) in [5, 5.41) is 6.40. The smallest absolute Gasteiger partial charge is 0.289 e. The van der Waals surface area contributed by atoms with Crippen molar-refractivity contribution in [1.82, 2.24) is 20.2 Å². The third-order valence-electron chi connectivity index (χ3n) is 6.59. The third-order valence-corrected chi connectivity index (χ3v) is 6.59. The van der Waals surface area contributed by atoms with E-state index in [1.54, 1.807) is 4.90 Å². The van der Waals surface area contributed by atoms with Crippen LogP contribution in [0.15, 0.2) is 60.7 Å². The lowest BCUT2D eigenvalue weighted by Crippen LogP contribution is -2.38. The molecule has 0 saturated carbocycles. The topological polar surface area (TPSA) is 99.4 Å². The van der Waals surface area contributed by atoms with Crippen LogP contribution in [0.25, 0.3) is 0 Å². The number of hydrogen-bond acceptors (Lipinski definition) is 7. The van der Waals surface area contributed by atoms with Crippen LogP contribution in [0.3, 0.4) is 0 Å². The maximum atomic E-state index is 13.0. The first-order chi connectivity index (χ1) is 17.5. The van der Waals surface area contributed by atoms with E-state index in [4.69, 9.17) is 5.73 Å². The van der Waals surface area contributed by atoms with Gasteiger partial charge >= 0.3 is 0 Å². The first-order valence-corrected chi connectivity index (χ1v) is 12.7. The first-order valence-electron chi connectivity index (χ1n) is 12.7. The molecule has 4 N–H and O–H groups in total. The molecule has 1 fully saturated rings. The highest BCUT2D eigenvalue weighted by Gasteiger charge is 2.20. The van der Waals surface area contributed by atoms with Crippen LogP contribution in [0.5, 0.6) is 0 Å². The van der Waals surface area contributed by atoms with Gasteiger partial charge in [0.15, 0.2) is 11.6 Å². The van der Waals surface area contributed by atoms with Gasteiger partial charge in [-0.3, -0.25) is 4.79 Å². The predicted octanol–water partition coefficient (Wildman–Crippen LogP) is 3.58. The summed E-state index contributed by atoms with van der Waals surface area (Å²) in [6, 6.07) is 20.7. The van der Waals surface area contributed by atoms with Crippen LogP contribution in [0, 0.1) is 0 Å². The normalized spacial score (nSPS) is 14.0. The number of nitrogens with one attached hydrogen (secondary N) is 2. The van der Waals surface area contributed by atoms with E-state index >= 15 is 0 Å². The molecule has 36 heavy (non-hydrogen) atoms. The Morgan fingerprint density at radius 3 is 2.17 bits per heavy atom. The average molecular weight is 488 g/mol.